The first-order chi connectivity index (χ1) is 13.5. The fourth-order valence-electron chi connectivity index (χ4n) is 2.97. The standard InChI is InChI=1S/C21H23N3O4/c1-3-9-23(13-20(25)26)21(27)16-5-4-6-18(10-16)28-14-17-12-24-11-15(2)7-8-19(24)22-17/h4-8,10-12H,3,9,13-14H2,1-2H3,(H,25,26). The van der Waals surface area contributed by atoms with Gasteiger partial charge in [0.25, 0.3) is 5.91 Å². The first-order valence-electron chi connectivity index (χ1n) is 9.14. The molecule has 0 fully saturated rings. The van der Waals surface area contributed by atoms with Crippen LogP contribution in [0.4, 0.5) is 0 Å². The van der Waals surface area contributed by atoms with Crippen LogP contribution in [0.5, 0.6) is 5.75 Å². The van der Waals surface area contributed by atoms with Gasteiger partial charge in [0, 0.05) is 24.5 Å². The number of rotatable bonds is 8. The summed E-state index contributed by atoms with van der Waals surface area (Å²) in [5, 5.41) is 9.02. The van der Waals surface area contributed by atoms with Gasteiger partial charge in [-0.2, -0.15) is 0 Å². The lowest BCUT2D eigenvalue weighted by Gasteiger charge is -2.20. The lowest BCUT2D eigenvalue weighted by atomic mass is 10.2. The van der Waals surface area contributed by atoms with E-state index in [4.69, 9.17) is 9.84 Å². The second-order valence-electron chi connectivity index (χ2n) is 6.64. The van der Waals surface area contributed by atoms with Crippen molar-refractivity contribution in [2.75, 3.05) is 13.1 Å². The van der Waals surface area contributed by atoms with Crippen molar-refractivity contribution in [2.45, 2.75) is 26.9 Å². The third-order valence-electron chi connectivity index (χ3n) is 4.22. The fraction of sp³-hybridized carbons (Fsp3) is 0.286. The van der Waals surface area contributed by atoms with E-state index < -0.39 is 5.97 Å². The van der Waals surface area contributed by atoms with E-state index in [1.807, 2.05) is 42.8 Å². The van der Waals surface area contributed by atoms with Crippen molar-refractivity contribution in [3.05, 3.63) is 65.6 Å². The maximum atomic E-state index is 12.6. The summed E-state index contributed by atoms with van der Waals surface area (Å²) in [6.07, 6.45) is 4.59. The van der Waals surface area contributed by atoms with E-state index in [0.29, 0.717) is 24.3 Å². The zero-order chi connectivity index (χ0) is 20.1. The Morgan fingerprint density at radius 3 is 2.79 bits per heavy atom. The molecule has 1 amide bonds. The van der Waals surface area contributed by atoms with Crippen LogP contribution in [0.15, 0.2) is 48.8 Å². The van der Waals surface area contributed by atoms with Crippen LogP contribution in [0.25, 0.3) is 5.65 Å². The van der Waals surface area contributed by atoms with E-state index in [9.17, 15) is 9.59 Å². The van der Waals surface area contributed by atoms with Gasteiger partial charge in [0.1, 0.15) is 24.5 Å². The maximum absolute atomic E-state index is 12.6. The number of carboxylic acid groups (broad SMARTS) is 1. The Morgan fingerprint density at radius 1 is 1.21 bits per heavy atom. The predicted molar refractivity (Wildman–Crippen MR) is 105 cm³/mol. The van der Waals surface area contributed by atoms with Gasteiger partial charge in [0.2, 0.25) is 0 Å². The van der Waals surface area contributed by atoms with Crippen molar-refractivity contribution in [1.82, 2.24) is 14.3 Å². The zero-order valence-corrected chi connectivity index (χ0v) is 16.0. The minimum Gasteiger partial charge on any atom is -0.487 e. The Bertz CT molecular complexity index is 996. The Hall–Kier alpha value is -3.35. The van der Waals surface area contributed by atoms with Crippen LogP contribution >= 0.6 is 0 Å². The van der Waals surface area contributed by atoms with Crippen molar-refractivity contribution in [3.63, 3.8) is 0 Å². The molecule has 0 saturated heterocycles. The number of carbonyl (C=O) groups excluding carboxylic acids is 1. The molecule has 0 atom stereocenters. The number of benzene rings is 1. The van der Waals surface area contributed by atoms with Crippen molar-refractivity contribution in [1.29, 1.82) is 0 Å². The molecule has 0 radical (unpaired) electrons. The lowest BCUT2D eigenvalue weighted by molar-refractivity contribution is -0.137. The van der Waals surface area contributed by atoms with Gasteiger partial charge >= 0.3 is 5.97 Å². The molecule has 28 heavy (non-hydrogen) atoms. The number of fused-ring (bicyclic) bond motifs is 1. The van der Waals surface area contributed by atoms with Crippen LogP contribution in [0, 0.1) is 6.92 Å². The van der Waals surface area contributed by atoms with Gasteiger partial charge in [-0.05, 0) is 43.2 Å². The Labute approximate surface area is 163 Å². The Balaban J connectivity index is 1.71. The average Bonchev–Trinajstić information content (AvgIpc) is 3.07. The third-order valence-corrected chi connectivity index (χ3v) is 4.22. The summed E-state index contributed by atoms with van der Waals surface area (Å²) in [7, 11) is 0. The first-order valence-corrected chi connectivity index (χ1v) is 9.14. The third kappa shape index (κ3) is 4.68. The monoisotopic (exact) mass is 381 g/mol. The zero-order valence-electron chi connectivity index (χ0n) is 16.0. The van der Waals surface area contributed by atoms with Crippen LogP contribution in [0.3, 0.4) is 0 Å². The summed E-state index contributed by atoms with van der Waals surface area (Å²) in [4.78, 5) is 29.5. The second-order valence-corrected chi connectivity index (χ2v) is 6.64. The number of ether oxygens (including phenoxy) is 1. The Kier molecular flexibility index (Phi) is 5.93. The maximum Gasteiger partial charge on any atom is 0.323 e. The molecule has 1 aromatic carbocycles. The van der Waals surface area contributed by atoms with Crippen LogP contribution in [0.1, 0.15) is 35.0 Å². The van der Waals surface area contributed by atoms with E-state index in [1.165, 1.54) is 4.90 Å². The van der Waals surface area contributed by atoms with E-state index in [0.717, 1.165) is 16.9 Å². The fourth-order valence-corrected chi connectivity index (χ4v) is 2.97. The molecule has 0 aliphatic carbocycles. The molecule has 0 aliphatic rings. The molecule has 0 unspecified atom stereocenters. The summed E-state index contributed by atoms with van der Waals surface area (Å²) < 4.78 is 7.75. The minimum atomic E-state index is -1.03. The van der Waals surface area contributed by atoms with Crippen molar-refractivity contribution >= 4 is 17.5 Å². The van der Waals surface area contributed by atoms with Gasteiger partial charge in [0.15, 0.2) is 0 Å². The molecule has 146 valence electrons. The number of aliphatic carboxylic acids is 1. The smallest absolute Gasteiger partial charge is 0.323 e. The van der Waals surface area contributed by atoms with Crippen molar-refractivity contribution < 1.29 is 19.4 Å². The predicted octanol–water partition coefficient (Wildman–Crippen LogP) is 3.16. The highest BCUT2D eigenvalue weighted by atomic mass is 16.5. The normalized spacial score (nSPS) is 10.8. The number of carbonyl (C=O) groups is 2. The number of aryl methyl sites for hydroxylation is 1. The highest BCUT2D eigenvalue weighted by molar-refractivity contribution is 5.96. The van der Waals surface area contributed by atoms with E-state index in [2.05, 4.69) is 4.98 Å². The van der Waals surface area contributed by atoms with Crippen LogP contribution in [-0.2, 0) is 11.4 Å². The van der Waals surface area contributed by atoms with E-state index in [1.54, 1.807) is 24.3 Å². The average molecular weight is 381 g/mol. The molecule has 2 heterocycles. The van der Waals surface area contributed by atoms with Crippen LogP contribution < -0.4 is 4.74 Å². The van der Waals surface area contributed by atoms with Crippen molar-refractivity contribution in [3.8, 4) is 5.75 Å². The molecule has 1 N–H and O–H groups in total. The molecule has 0 spiro atoms. The first kappa shape index (κ1) is 19.4. The molecule has 7 heteroatoms. The molecule has 0 bridgehead atoms. The summed E-state index contributed by atoms with van der Waals surface area (Å²) in [5.41, 5.74) is 3.16. The number of pyridine rings is 1. The number of hydrogen-bond acceptors (Lipinski definition) is 4. The number of aromatic nitrogens is 2. The summed E-state index contributed by atoms with van der Waals surface area (Å²) in [6.45, 7) is 4.25. The van der Waals surface area contributed by atoms with Gasteiger partial charge in [-0.15, -0.1) is 0 Å². The van der Waals surface area contributed by atoms with E-state index in [-0.39, 0.29) is 19.1 Å². The Morgan fingerprint density at radius 2 is 2.04 bits per heavy atom. The van der Waals surface area contributed by atoms with Gasteiger partial charge in [-0.1, -0.05) is 19.1 Å². The minimum absolute atomic E-state index is 0.270. The number of carboxylic acids is 1. The molecule has 2 aromatic heterocycles. The molecular weight excluding hydrogens is 358 g/mol. The van der Waals surface area contributed by atoms with Gasteiger partial charge in [0.05, 0.1) is 5.69 Å². The summed E-state index contributed by atoms with van der Waals surface area (Å²) in [6, 6.07) is 10.7. The molecule has 7 nitrogen and oxygen atoms in total. The topological polar surface area (TPSA) is 84.1 Å². The van der Waals surface area contributed by atoms with Crippen LogP contribution in [-0.4, -0.2) is 44.4 Å². The number of amides is 1. The molecule has 0 aliphatic heterocycles. The summed E-state index contributed by atoms with van der Waals surface area (Å²) >= 11 is 0. The lowest BCUT2D eigenvalue weighted by Crippen LogP contribution is -2.36. The highest BCUT2D eigenvalue weighted by Crippen LogP contribution is 2.17. The van der Waals surface area contributed by atoms with E-state index >= 15 is 0 Å². The second kappa shape index (κ2) is 8.56. The molecule has 0 saturated carbocycles. The van der Waals surface area contributed by atoms with Gasteiger partial charge in [-0.3, -0.25) is 9.59 Å². The van der Waals surface area contributed by atoms with Crippen LogP contribution in [0.2, 0.25) is 0 Å². The largest absolute Gasteiger partial charge is 0.487 e. The molecule has 3 rings (SSSR count). The van der Waals surface area contributed by atoms with Gasteiger partial charge in [-0.25, -0.2) is 4.98 Å². The number of hydrogen-bond donors (Lipinski definition) is 1. The SMILES string of the molecule is CCCN(CC(=O)O)C(=O)c1cccc(OCc2cn3cc(C)ccc3n2)c1. The quantitative estimate of drug-likeness (QED) is 0.648. The number of imidazole rings is 1. The van der Waals surface area contributed by atoms with Crippen molar-refractivity contribution in [2.24, 2.45) is 0 Å². The highest BCUT2D eigenvalue weighted by Gasteiger charge is 2.18. The summed E-state index contributed by atoms with van der Waals surface area (Å²) in [5.74, 6) is -0.819. The molecule has 3 aromatic rings. The molecular formula is C21H23N3O4. The number of nitrogens with zero attached hydrogens (tertiary/aromatic N) is 3. The van der Waals surface area contributed by atoms with Gasteiger partial charge < -0.3 is 19.1 Å².